The molecule has 61 heavy (non-hydrogen) atoms. The maximum Gasteiger partial charge on any atom is 0.472 e. The van der Waals surface area contributed by atoms with Gasteiger partial charge >= 0.3 is 7.82 Å². The molecule has 3 N–H and O–H groups in total. The Morgan fingerprint density at radius 2 is 0.967 bits per heavy atom. The Morgan fingerprint density at radius 3 is 1.41 bits per heavy atom. The fraction of sp³-hybridized carbons (Fsp3) is 0.865. The monoisotopic (exact) mass is 882 g/mol. The third-order valence-corrected chi connectivity index (χ3v) is 12.6. The summed E-state index contributed by atoms with van der Waals surface area (Å²) < 4.78 is 23.6. The van der Waals surface area contributed by atoms with Crippen molar-refractivity contribution in [1.82, 2.24) is 5.32 Å². The molecule has 360 valence electrons. The van der Waals surface area contributed by atoms with E-state index in [0.717, 1.165) is 70.6 Å². The van der Waals surface area contributed by atoms with Crippen molar-refractivity contribution >= 4 is 13.7 Å². The maximum atomic E-state index is 12.9. The molecule has 0 bridgehead atoms. The summed E-state index contributed by atoms with van der Waals surface area (Å²) in [6.07, 6.45) is 55.2. The molecule has 0 saturated heterocycles. The number of amides is 1. The van der Waals surface area contributed by atoms with E-state index < -0.39 is 20.0 Å². The minimum Gasteiger partial charge on any atom is -0.387 e. The number of hydrogen-bond donors (Lipinski definition) is 3. The molecule has 0 aliphatic carbocycles. The Hall–Kier alpha value is -1.28. The van der Waals surface area contributed by atoms with Crippen molar-refractivity contribution in [3.05, 3.63) is 36.5 Å². The Balaban J connectivity index is 4.21. The van der Waals surface area contributed by atoms with Crippen LogP contribution in [0.15, 0.2) is 36.5 Å². The molecule has 0 radical (unpaired) electrons. The SMILES string of the molecule is CCC/C=C\C/C=C\CCCCCCCC(=O)NC(COP(=O)(O)OCC[N+](C)(C)C)C(O)/C=C/CCCCCCCCCCCCCCCCCCCCCCCCCC. The molecule has 0 rings (SSSR count). The zero-order chi connectivity index (χ0) is 45.0. The highest BCUT2D eigenvalue weighted by atomic mass is 31.2. The van der Waals surface area contributed by atoms with Crippen LogP contribution in [0.4, 0.5) is 0 Å². The fourth-order valence-corrected chi connectivity index (χ4v) is 8.23. The van der Waals surface area contributed by atoms with Gasteiger partial charge in [0.15, 0.2) is 0 Å². The van der Waals surface area contributed by atoms with Crippen LogP contribution >= 0.6 is 7.82 Å². The van der Waals surface area contributed by atoms with Gasteiger partial charge in [-0.1, -0.05) is 224 Å². The molecule has 0 heterocycles. The average molecular weight is 882 g/mol. The van der Waals surface area contributed by atoms with E-state index in [4.69, 9.17) is 9.05 Å². The van der Waals surface area contributed by atoms with Crippen LogP contribution in [0.1, 0.15) is 239 Å². The van der Waals surface area contributed by atoms with E-state index in [1.807, 2.05) is 27.2 Å². The highest BCUT2D eigenvalue weighted by Gasteiger charge is 2.27. The highest BCUT2D eigenvalue weighted by Crippen LogP contribution is 2.43. The topological polar surface area (TPSA) is 105 Å². The molecule has 0 aromatic carbocycles. The molecule has 3 unspecified atom stereocenters. The van der Waals surface area contributed by atoms with Gasteiger partial charge in [0.2, 0.25) is 5.91 Å². The summed E-state index contributed by atoms with van der Waals surface area (Å²) >= 11 is 0. The van der Waals surface area contributed by atoms with Crippen LogP contribution < -0.4 is 5.32 Å². The number of aliphatic hydroxyl groups is 1. The van der Waals surface area contributed by atoms with Gasteiger partial charge in [-0.3, -0.25) is 13.8 Å². The van der Waals surface area contributed by atoms with Crippen molar-refractivity contribution in [2.24, 2.45) is 0 Å². The van der Waals surface area contributed by atoms with Crippen LogP contribution in [-0.4, -0.2) is 73.4 Å². The molecule has 3 atom stereocenters. The van der Waals surface area contributed by atoms with Gasteiger partial charge in [-0.15, -0.1) is 0 Å². The Labute approximate surface area is 378 Å². The van der Waals surface area contributed by atoms with Gasteiger partial charge in [0.1, 0.15) is 13.2 Å². The average Bonchev–Trinajstić information content (AvgIpc) is 3.21. The molecule has 8 nitrogen and oxygen atoms in total. The summed E-state index contributed by atoms with van der Waals surface area (Å²) in [7, 11) is 1.56. The number of aliphatic hydroxyl groups excluding tert-OH is 1. The third kappa shape index (κ3) is 46.5. The van der Waals surface area contributed by atoms with Crippen molar-refractivity contribution in [3.63, 3.8) is 0 Å². The van der Waals surface area contributed by atoms with Crippen molar-refractivity contribution in [2.45, 2.75) is 251 Å². The third-order valence-electron chi connectivity index (χ3n) is 11.6. The predicted octanol–water partition coefficient (Wildman–Crippen LogP) is 15.0. The zero-order valence-electron chi connectivity index (χ0n) is 40.9. The number of nitrogens with zero attached hydrogens (tertiary/aromatic N) is 1. The van der Waals surface area contributed by atoms with Crippen molar-refractivity contribution in [1.29, 1.82) is 0 Å². The van der Waals surface area contributed by atoms with Crippen LogP contribution in [0.25, 0.3) is 0 Å². The molecule has 0 saturated carbocycles. The van der Waals surface area contributed by atoms with E-state index in [2.05, 4.69) is 43.5 Å². The minimum atomic E-state index is -4.34. The van der Waals surface area contributed by atoms with E-state index in [1.165, 1.54) is 148 Å². The van der Waals surface area contributed by atoms with Gasteiger partial charge in [-0.2, -0.15) is 0 Å². The lowest BCUT2D eigenvalue weighted by molar-refractivity contribution is -0.870. The van der Waals surface area contributed by atoms with Crippen LogP contribution in [0.2, 0.25) is 0 Å². The molecule has 1 amide bonds. The number of nitrogens with one attached hydrogen (secondary N) is 1. The summed E-state index contributed by atoms with van der Waals surface area (Å²) in [5.41, 5.74) is 0. The molecule has 0 aromatic rings. The number of carbonyl (C=O) groups excluding carboxylic acids is 1. The molecule has 0 aromatic heterocycles. The number of allylic oxidation sites excluding steroid dienone is 5. The summed E-state index contributed by atoms with van der Waals surface area (Å²) in [5, 5.41) is 13.9. The molecule has 0 aliphatic rings. The summed E-state index contributed by atoms with van der Waals surface area (Å²) in [6, 6.07) is -0.853. The first-order valence-electron chi connectivity index (χ1n) is 25.9. The number of quaternary nitrogens is 1. The Kier molecular flexibility index (Phi) is 43.0. The van der Waals surface area contributed by atoms with Crippen LogP contribution in [0.5, 0.6) is 0 Å². The van der Waals surface area contributed by atoms with E-state index in [9.17, 15) is 19.4 Å². The number of carbonyl (C=O) groups is 1. The molecule has 0 spiro atoms. The maximum absolute atomic E-state index is 12.9. The van der Waals surface area contributed by atoms with E-state index >= 15 is 0 Å². The summed E-state index contributed by atoms with van der Waals surface area (Å²) in [6.45, 7) is 4.75. The number of phosphoric acid groups is 1. The number of rotatable bonds is 47. The Morgan fingerprint density at radius 1 is 0.557 bits per heavy atom. The molecular weight excluding hydrogens is 780 g/mol. The van der Waals surface area contributed by atoms with E-state index in [0.29, 0.717) is 17.4 Å². The molecule has 0 aliphatic heterocycles. The minimum absolute atomic E-state index is 0.0586. The van der Waals surface area contributed by atoms with Crippen molar-refractivity contribution < 1.29 is 32.9 Å². The van der Waals surface area contributed by atoms with Crippen molar-refractivity contribution in [3.8, 4) is 0 Å². The van der Waals surface area contributed by atoms with Crippen LogP contribution in [-0.2, 0) is 18.4 Å². The quantitative estimate of drug-likeness (QED) is 0.0243. The molecule has 9 heteroatoms. The smallest absolute Gasteiger partial charge is 0.387 e. The number of unbranched alkanes of at least 4 members (excludes halogenated alkanes) is 30. The highest BCUT2D eigenvalue weighted by molar-refractivity contribution is 7.47. The van der Waals surface area contributed by atoms with Crippen molar-refractivity contribution in [2.75, 3.05) is 40.9 Å². The lowest BCUT2D eigenvalue weighted by Crippen LogP contribution is -2.45. The largest absolute Gasteiger partial charge is 0.472 e. The number of phosphoric ester groups is 1. The Bertz CT molecular complexity index is 1090. The molecule has 0 fully saturated rings. The summed E-state index contributed by atoms with van der Waals surface area (Å²) in [5.74, 6) is -0.191. The van der Waals surface area contributed by atoms with Gasteiger partial charge < -0.3 is 19.8 Å². The second-order valence-electron chi connectivity index (χ2n) is 18.9. The number of likely N-dealkylation sites (N-methyl/N-ethyl adjacent to an activating group) is 1. The fourth-order valence-electron chi connectivity index (χ4n) is 7.49. The van der Waals surface area contributed by atoms with Gasteiger partial charge in [-0.05, 0) is 44.9 Å². The van der Waals surface area contributed by atoms with E-state index in [-0.39, 0.29) is 19.1 Å². The van der Waals surface area contributed by atoms with Gasteiger partial charge in [0.25, 0.3) is 0 Å². The lowest BCUT2D eigenvalue weighted by Gasteiger charge is -2.25. The van der Waals surface area contributed by atoms with E-state index in [1.54, 1.807) is 6.08 Å². The first-order valence-corrected chi connectivity index (χ1v) is 27.4. The van der Waals surface area contributed by atoms with Gasteiger partial charge in [0.05, 0.1) is 39.9 Å². The second-order valence-corrected chi connectivity index (χ2v) is 20.4. The lowest BCUT2D eigenvalue weighted by atomic mass is 10.0. The normalized spacial score (nSPS) is 14.4. The van der Waals surface area contributed by atoms with Crippen LogP contribution in [0, 0.1) is 0 Å². The first kappa shape index (κ1) is 59.7. The van der Waals surface area contributed by atoms with Gasteiger partial charge in [-0.25, -0.2) is 4.57 Å². The zero-order valence-corrected chi connectivity index (χ0v) is 41.8. The molecular formula is C52H102N2O6P+. The first-order chi connectivity index (χ1) is 29.5. The second kappa shape index (κ2) is 43.9. The predicted molar refractivity (Wildman–Crippen MR) is 263 cm³/mol. The number of hydrogen-bond acceptors (Lipinski definition) is 5. The van der Waals surface area contributed by atoms with Crippen LogP contribution in [0.3, 0.4) is 0 Å². The standard InChI is InChI=1S/C52H101N2O6P/c1-6-8-10-12-14-16-18-20-21-22-23-24-25-26-27-28-29-30-31-32-34-35-37-39-41-43-45-51(55)50(49-60-61(57,58)59-48-47-54(3,4)5)53-52(56)46-44-42-40-38-36-33-19-17-15-13-11-9-7-2/h11,13,17,19,43,45,50-51,55H,6-10,12,14-16,18,20-42,44,46-49H2,1-5H3,(H-,53,56,57,58)/p+1/b13-11-,19-17-,45-43+. The summed E-state index contributed by atoms with van der Waals surface area (Å²) in [4.78, 5) is 23.2. The van der Waals surface area contributed by atoms with Gasteiger partial charge in [0, 0.05) is 6.42 Å².